The van der Waals surface area contributed by atoms with E-state index >= 15 is 0 Å². The van der Waals surface area contributed by atoms with Crippen LogP contribution in [0.2, 0.25) is 0 Å². The third kappa shape index (κ3) is 4.07. The van der Waals surface area contributed by atoms with Crippen LogP contribution in [0.15, 0.2) is 4.52 Å². The van der Waals surface area contributed by atoms with E-state index < -0.39 is 0 Å². The molecule has 3 heterocycles. The Kier molecular flexibility index (Phi) is 5.24. The number of ether oxygens (including phenoxy) is 1. The molecule has 2 saturated heterocycles. The molecule has 8 nitrogen and oxygen atoms in total. The first-order valence-corrected chi connectivity index (χ1v) is 8.23. The molecule has 1 unspecified atom stereocenters. The Bertz CT molecular complexity index is 527. The van der Waals surface area contributed by atoms with Crippen LogP contribution in [0.3, 0.4) is 0 Å². The molecule has 2 aliphatic heterocycles. The molecular formula is C15H25N5O3. The number of hydrogen-bond acceptors (Lipinski definition) is 7. The highest BCUT2D eigenvalue weighted by Gasteiger charge is 2.42. The van der Waals surface area contributed by atoms with Gasteiger partial charge in [-0.2, -0.15) is 4.98 Å². The van der Waals surface area contributed by atoms with Gasteiger partial charge in [0.25, 0.3) is 0 Å². The van der Waals surface area contributed by atoms with E-state index in [1.54, 1.807) is 7.11 Å². The molecular weight excluding hydrogens is 298 g/mol. The third-order valence-electron chi connectivity index (χ3n) is 4.79. The monoisotopic (exact) mass is 323 g/mol. The van der Waals surface area contributed by atoms with Gasteiger partial charge in [0, 0.05) is 13.7 Å². The van der Waals surface area contributed by atoms with Crippen molar-refractivity contribution < 1.29 is 14.1 Å². The number of amides is 1. The minimum atomic E-state index is -0.118. The van der Waals surface area contributed by atoms with Crippen LogP contribution in [0.25, 0.3) is 0 Å². The van der Waals surface area contributed by atoms with Crippen molar-refractivity contribution in [2.75, 3.05) is 33.4 Å². The lowest BCUT2D eigenvalue weighted by atomic mass is 9.77. The Morgan fingerprint density at radius 3 is 3.09 bits per heavy atom. The van der Waals surface area contributed by atoms with E-state index in [0.29, 0.717) is 31.3 Å². The summed E-state index contributed by atoms with van der Waals surface area (Å²) in [4.78, 5) is 16.6. The van der Waals surface area contributed by atoms with Crippen molar-refractivity contribution in [3.8, 4) is 0 Å². The SMILES string of the molecule is COCCc1nc(CNC(=O)C2CC3(CCNCC3)CN2)no1. The molecule has 2 fully saturated rings. The fourth-order valence-electron chi connectivity index (χ4n) is 3.38. The largest absolute Gasteiger partial charge is 0.384 e. The summed E-state index contributed by atoms with van der Waals surface area (Å²) in [6.45, 7) is 3.85. The highest BCUT2D eigenvalue weighted by Crippen LogP contribution is 2.37. The molecule has 8 heteroatoms. The van der Waals surface area contributed by atoms with Crippen LogP contribution in [0.1, 0.15) is 31.0 Å². The first-order valence-electron chi connectivity index (χ1n) is 8.23. The smallest absolute Gasteiger partial charge is 0.237 e. The summed E-state index contributed by atoms with van der Waals surface area (Å²) in [5, 5.41) is 13.5. The standard InChI is InChI=1S/C15H25N5O3/c1-22-7-2-13-19-12(20-23-13)9-17-14(21)11-8-15(10-18-11)3-5-16-6-4-15/h11,16,18H,2-10H2,1H3,(H,17,21). The second-order valence-electron chi connectivity index (χ2n) is 6.45. The predicted octanol–water partition coefficient (Wildman–Crippen LogP) is -0.394. The summed E-state index contributed by atoms with van der Waals surface area (Å²) in [5.41, 5.74) is 0.284. The zero-order chi connectivity index (χ0) is 16.1. The third-order valence-corrected chi connectivity index (χ3v) is 4.79. The lowest BCUT2D eigenvalue weighted by Gasteiger charge is -2.33. The molecule has 3 rings (SSSR count). The van der Waals surface area contributed by atoms with Gasteiger partial charge in [0.2, 0.25) is 11.8 Å². The first kappa shape index (κ1) is 16.4. The van der Waals surface area contributed by atoms with Gasteiger partial charge in [-0.3, -0.25) is 4.79 Å². The van der Waals surface area contributed by atoms with Crippen LogP contribution in [-0.4, -0.2) is 55.4 Å². The lowest BCUT2D eigenvalue weighted by Crippen LogP contribution is -2.40. The average molecular weight is 323 g/mol. The van der Waals surface area contributed by atoms with Crippen LogP contribution >= 0.6 is 0 Å². The second kappa shape index (κ2) is 7.37. The fourth-order valence-corrected chi connectivity index (χ4v) is 3.38. The summed E-state index contributed by atoms with van der Waals surface area (Å²) in [5.74, 6) is 1.05. The van der Waals surface area contributed by atoms with Crippen molar-refractivity contribution in [2.45, 2.75) is 38.3 Å². The number of nitrogens with zero attached hydrogens (tertiary/aromatic N) is 2. The Balaban J connectivity index is 1.45. The van der Waals surface area contributed by atoms with E-state index in [1.165, 1.54) is 0 Å². The van der Waals surface area contributed by atoms with Crippen LogP contribution in [-0.2, 0) is 22.5 Å². The molecule has 2 aliphatic rings. The number of hydrogen-bond donors (Lipinski definition) is 3. The summed E-state index contributed by atoms with van der Waals surface area (Å²) < 4.78 is 10.1. The van der Waals surface area contributed by atoms with Crippen molar-refractivity contribution >= 4 is 5.91 Å². The van der Waals surface area contributed by atoms with Crippen molar-refractivity contribution in [2.24, 2.45) is 5.41 Å². The van der Waals surface area contributed by atoms with Gasteiger partial charge in [-0.15, -0.1) is 0 Å². The number of methoxy groups -OCH3 is 1. The van der Waals surface area contributed by atoms with Crippen molar-refractivity contribution in [1.82, 2.24) is 26.1 Å². The van der Waals surface area contributed by atoms with Crippen LogP contribution < -0.4 is 16.0 Å². The molecule has 0 radical (unpaired) electrons. The van der Waals surface area contributed by atoms with Gasteiger partial charge in [-0.25, -0.2) is 0 Å². The highest BCUT2D eigenvalue weighted by molar-refractivity contribution is 5.82. The summed E-state index contributed by atoms with van der Waals surface area (Å²) >= 11 is 0. The summed E-state index contributed by atoms with van der Waals surface area (Å²) in [6, 6.07) is -0.118. The van der Waals surface area contributed by atoms with E-state index in [0.717, 1.165) is 38.9 Å². The van der Waals surface area contributed by atoms with Crippen molar-refractivity contribution in [3.63, 3.8) is 0 Å². The molecule has 1 atom stereocenters. The quantitative estimate of drug-likeness (QED) is 0.655. The van der Waals surface area contributed by atoms with Gasteiger partial charge in [-0.05, 0) is 37.8 Å². The van der Waals surface area contributed by atoms with Gasteiger partial charge in [0.1, 0.15) is 0 Å². The molecule has 3 N–H and O–H groups in total. The molecule has 1 aromatic heterocycles. The molecule has 0 aromatic carbocycles. The molecule has 1 aromatic rings. The molecule has 0 saturated carbocycles. The van der Waals surface area contributed by atoms with Crippen molar-refractivity contribution in [3.05, 3.63) is 11.7 Å². The number of rotatable bonds is 6. The predicted molar refractivity (Wildman–Crippen MR) is 82.7 cm³/mol. The Morgan fingerprint density at radius 1 is 1.48 bits per heavy atom. The summed E-state index contributed by atoms with van der Waals surface area (Å²) in [6.07, 6.45) is 3.76. The second-order valence-corrected chi connectivity index (χ2v) is 6.45. The number of piperidine rings is 1. The van der Waals surface area contributed by atoms with Crippen LogP contribution in [0, 0.1) is 5.41 Å². The number of aromatic nitrogens is 2. The fraction of sp³-hybridized carbons (Fsp3) is 0.800. The maximum Gasteiger partial charge on any atom is 0.237 e. The molecule has 23 heavy (non-hydrogen) atoms. The highest BCUT2D eigenvalue weighted by atomic mass is 16.5. The van der Waals surface area contributed by atoms with E-state index in [4.69, 9.17) is 9.26 Å². The Hall–Kier alpha value is -1.51. The van der Waals surface area contributed by atoms with E-state index in [-0.39, 0.29) is 17.4 Å². The minimum absolute atomic E-state index is 0.0173. The molecule has 1 amide bonds. The van der Waals surface area contributed by atoms with Gasteiger partial charge >= 0.3 is 0 Å². The van der Waals surface area contributed by atoms with Gasteiger partial charge in [0.05, 0.1) is 25.6 Å². The number of nitrogens with one attached hydrogen (secondary N) is 3. The number of carbonyl (C=O) groups is 1. The summed E-state index contributed by atoms with van der Waals surface area (Å²) in [7, 11) is 1.63. The zero-order valence-electron chi connectivity index (χ0n) is 13.6. The maximum absolute atomic E-state index is 12.3. The molecule has 0 aliphatic carbocycles. The van der Waals surface area contributed by atoms with Crippen LogP contribution in [0.5, 0.6) is 0 Å². The van der Waals surface area contributed by atoms with Crippen molar-refractivity contribution in [1.29, 1.82) is 0 Å². The van der Waals surface area contributed by atoms with Gasteiger partial charge in [-0.1, -0.05) is 5.16 Å². The number of carbonyl (C=O) groups excluding carboxylic acids is 1. The molecule has 0 bridgehead atoms. The normalized spacial score (nSPS) is 23.3. The average Bonchev–Trinajstić information content (AvgIpc) is 3.19. The van der Waals surface area contributed by atoms with E-state index in [1.807, 2.05) is 0 Å². The van der Waals surface area contributed by atoms with E-state index in [9.17, 15) is 4.79 Å². The van der Waals surface area contributed by atoms with Crippen LogP contribution in [0.4, 0.5) is 0 Å². The lowest BCUT2D eigenvalue weighted by molar-refractivity contribution is -0.123. The topological polar surface area (TPSA) is 101 Å². The molecule has 128 valence electrons. The minimum Gasteiger partial charge on any atom is -0.384 e. The first-order chi connectivity index (χ1) is 11.2. The van der Waals surface area contributed by atoms with Gasteiger partial charge < -0.3 is 25.2 Å². The van der Waals surface area contributed by atoms with Gasteiger partial charge in [0.15, 0.2) is 5.82 Å². The van der Waals surface area contributed by atoms with E-state index in [2.05, 4.69) is 26.1 Å². The maximum atomic E-state index is 12.3. The Morgan fingerprint density at radius 2 is 2.30 bits per heavy atom. The Labute approximate surface area is 135 Å². The molecule has 1 spiro atoms. The zero-order valence-corrected chi connectivity index (χ0v) is 13.6.